The smallest absolute Gasteiger partial charge is 0.185 e. The van der Waals surface area contributed by atoms with Gasteiger partial charge in [0.05, 0.1) is 0 Å². The number of anilines is 1. The minimum absolute atomic E-state index is 0.408. The molecule has 0 aliphatic carbocycles. The Hall–Kier alpha value is -0.800. The van der Waals surface area contributed by atoms with Crippen LogP contribution < -0.4 is 10.2 Å². The van der Waals surface area contributed by atoms with Gasteiger partial charge in [-0.3, -0.25) is 4.84 Å². The maximum absolute atomic E-state index is 5.30. The van der Waals surface area contributed by atoms with Gasteiger partial charge in [0, 0.05) is 17.5 Å². The Morgan fingerprint density at radius 1 is 1.42 bits per heavy atom. The molecule has 1 rings (SSSR count). The Morgan fingerprint density at radius 3 is 2.67 bits per heavy atom. The molecule has 0 saturated carbocycles. The minimum Gasteiger partial charge on any atom is -0.332 e. The van der Waals surface area contributed by atoms with E-state index in [0.29, 0.717) is 5.11 Å². The summed E-state index contributed by atoms with van der Waals surface area (Å²) in [4.78, 5) is 2.33. The van der Waals surface area contributed by atoms with E-state index in [4.69, 9.17) is 24.0 Å². The molecular formula is C8H9ClN2S. The van der Waals surface area contributed by atoms with Crippen molar-refractivity contribution in [2.45, 2.75) is 6.92 Å². The molecule has 0 fully saturated rings. The van der Waals surface area contributed by atoms with Gasteiger partial charge in [-0.15, -0.1) is 0 Å². The first-order valence-electron chi connectivity index (χ1n) is 3.47. The van der Waals surface area contributed by atoms with Crippen molar-refractivity contribution in [1.29, 1.82) is 0 Å². The van der Waals surface area contributed by atoms with Crippen LogP contribution in [0.1, 0.15) is 5.56 Å². The lowest BCUT2D eigenvalue weighted by Gasteiger charge is -2.07. The van der Waals surface area contributed by atoms with Crippen LogP contribution in [0.15, 0.2) is 24.3 Å². The predicted octanol–water partition coefficient (Wildman–Crippen LogP) is 2.44. The van der Waals surface area contributed by atoms with Gasteiger partial charge in [-0.1, -0.05) is 18.2 Å². The number of para-hydroxylation sites is 1. The summed E-state index contributed by atoms with van der Waals surface area (Å²) in [5.41, 5.74) is 2.10. The predicted molar refractivity (Wildman–Crippen MR) is 56.4 cm³/mol. The van der Waals surface area contributed by atoms with Gasteiger partial charge < -0.3 is 5.32 Å². The van der Waals surface area contributed by atoms with Crippen LogP contribution in [0.5, 0.6) is 0 Å². The topological polar surface area (TPSA) is 24.1 Å². The third-order valence-electron chi connectivity index (χ3n) is 1.48. The molecule has 0 radical (unpaired) electrons. The molecule has 1 aromatic carbocycles. The van der Waals surface area contributed by atoms with Gasteiger partial charge in [0.2, 0.25) is 0 Å². The van der Waals surface area contributed by atoms with Crippen LogP contribution in [0.25, 0.3) is 0 Å². The molecule has 0 spiro atoms. The van der Waals surface area contributed by atoms with E-state index < -0.39 is 0 Å². The molecule has 4 heteroatoms. The van der Waals surface area contributed by atoms with Gasteiger partial charge >= 0.3 is 0 Å². The summed E-state index contributed by atoms with van der Waals surface area (Å²) in [5.74, 6) is 0. The summed E-state index contributed by atoms with van der Waals surface area (Å²) in [6.45, 7) is 2.00. The van der Waals surface area contributed by atoms with E-state index in [1.807, 2.05) is 31.2 Å². The quantitative estimate of drug-likeness (QED) is 0.538. The Bertz CT molecular complexity index is 288. The third-order valence-corrected chi connectivity index (χ3v) is 1.98. The molecule has 2 nitrogen and oxygen atoms in total. The largest absolute Gasteiger partial charge is 0.332 e. The van der Waals surface area contributed by atoms with Crippen molar-refractivity contribution in [3.63, 3.8) is 0 Å². The molecule has 0 aromatic heterocycles. The van der Waals surface area contributed by atoms with Gasteiger partial charge in [0.25, 0.3) is 0 Å². The van der Waals surface area contributed by atoms with Crippen LogP contribution in [-0.2, 0) is 0 Å². The van der Waals surface area contributed by atoms with Crippen molar-refractivity contribution in [1.82, 2.24) is 4.84 Å². The van der Waals surface area contributed by atoms with Crippen LogP contribution in [-0.4, -0.2) is 5.11 Å². The normalized spacial score (nSPS) is 9.17. The number of benzene rings is 1. The zero-order chi connectivity index (χ0) is 8.97. The SMILES string of the molecule is Cc1ccccc1NC(=S)NCl. The number of hydrogen-bond acceptors (Lipinski definition) is 1. The highest BCUT2D eigenvalue weighted by molar-refractivity contribution is 7.80. The molecule has 2 N–H and O–H groups in total. The molecule has 0 aliphatic rings. The first-order valence-corrected chi connectivity index (χ1v) is 4.26. The molecule has 0 unspecified atom stereocenters. The second kappa shape index (κ2) is 4.28. The highest BCUT2D eigenvalue weighted by Crippen LogP contribution is 2.12. The molecule has 0 aliphatic heterocycles. The van der Waals surface area contributed by atoms with Crippen LogP contribution >= 0.6 is 24.0 Å². The molecule has 0 heterocycles. The average Bonchev–Trinajstić information content (AvgIpc) is 2.09. The van der Waals surface area contributed by atoms with Crippen molar-refractivity contribution in [3.8, 4) is 0 Å². The van der Waals surface area contributed by atoms with Crippen LogP contribution in [0.2, 0.25) is 0 Å². The van der Waals surface area contributed by atoms with Gasteiger partial charge in [0.15, 0.2) is 5.11 Å². The highest BCUT2D eigenvalue weighted by atomic mass is 35.5. The fourth-order valence-corrected chi connectivity index (χ4v) is 1.02. The van der Waals surface area contributed by atoms with E-state index >= 15 is 0 Å². The van der Waals surface area contributed by atoms with E-state index in [1.54, 1.807) is 0 Å². The van der Waals surface area contributed by atoms with E-state index in [-0.39, 0.29) is 0 Å². The molecule has 0 atom stereocenters. The maximum atomic E-state index is 5.30. The van der Waals surface area contributed by atoms with E-state index in [9.17, 15) is 0 Å². The molecule has 0 bridgehead atoms. The maximum Gasteiger partial charge on any atom is 0.185 e. The molecule has 12 heavy (non-hydrogen) atoms. The third kappa shape index (κ3) is 2.36. The Labute approximate surface area is 82.0 Å². The Morgan fingerprint density at radius 2 is 2.08 bits per heavy atom. The van der Waals surface area contributed by atoms with Crippen molar-refractivity contribution >= 4 is 34.8 Å². The molecule has 0 saturated heterocycles. The summed E-state index contributed by atoms with van der Waals surface area (Å²) in [5, 5.41) is 3.36. The monoisotopic (exact) mass is 200 g/mol. The Balaban J connectivity index is 2.75. The minimum atomic E-state index is 0.408. The van der Waals surface area contributed by atoms with Gasteiger partial charge in [-0.25, -0.2) is 0 Å². The number of thiocarbonyl (C=S) groups is 1. The van der Waals surface area contributed by atoms with Gasteiger partial charge in [-0.05, 0) is 30.8 Å². The summed E-state index contributed by atoms with van der Waals surface area (Å²) < 4.78 is 0. The summed E-state index contributed by atoms with van der Waals surface area (Å²) in [6, 6.07) is 7.85. The first kappa shape index (κ1) is 9.29. The van der Waals surface area contributed by atoms with Crippen LogP contribution in [0.4, 0.5) is 5.69 Å². The van der Waals surface area contributed by atoms with Crippen molar-refractivity contribution in [2.24, 2.45) is 0 Å². The summed E-state index contributed by atoms with van der Waals surface area (Å²) in [7, 11) is 0. The lowest BCUT2D eigenvalue weighted by atomic mass is 10.2. The summed E-state index contributed by atoms with van der Waals surface area (Å²) in [6.07, 6.45) is 0. The lowest BCUT2D eigenvalue weighted by Crippen LogP contribution is -2.20. The Kier molecular flexibility index (Phi) is 3.31. The van der Waals surface area contributed by atoms with E-state index in [0.717, 1.165) is 11.3 Å². The first-order chi connectivity index (χ1) is 5.74. The lowest BCUT2D eigenvalue weighted by molar-refractivity contribution is 1.43. The number of hydrogen-bond donors (Lipinski definition) is 2. The average molecular weight is 201 g/mol. The van der Waals surface area contributed by atoms with E-state index in [1.165, 1.54) is 0 Å². The van der Waals surface area contributed by atoms with Gasteiger partial charge in [0.1, 0.15) is 0 Å². The molecule has 64 valence electrons. The fraction of sp³-hybridized carbons (Fsp3) is 0.125. The van der Waals surface area contributed by atoms with E-state index in [2.05, 4.69) is 10.2 Å². The zero-order valence-corrected chi connectivity index (χ0v) is 8.17. The van der Waals surface area contributed by atoms with Crippen molar-refractivity contribution in [2.75, 3.05) is 5.32 Å². The number of halogens is 1. The summed E-state index contributed by atoms with van der Waals surface area (Å²) >= 11 is 10.1. The van der Waals surface area contributed by atoms with Gasteiger partial charge in [-0.2, -0.15) is 0 Å². The number of rotatable bonds is 1. The zero-order valence-electron chi connectivity index (χ0n) is 6.60. The van der Waals surface area contributed by atoms with Crippen molar-refractivity contribution in [3.05, 3.63) is 29.8 Å². The number of aryl methyl sites for hydroxylation is 1. The fourth-order valence-electron chi connectivity index (χ4n) is 0.859. The second-order valence-corrected chi connectivity index (χ2v) is 2.96. The highest BCUT2D eigenvalue weighted by Gasteiger charge is 1.97. The molecule has 1 aromatic rings. The number of nitrogens with one attached hydrogen (secondary N) is 2. The standard InChI is InChI=1S/C8H9ClN2S/c1-6-4-2-3-5-7(6)10-8(12)11-9/h2-5H,1H3,(H2,10,11,12). The van der Waals surface area contributed by atoms with Crippen LogP contribution in [0.3, 0.4) is 0 Å². The molecule has 0 amide bonds. The second-order valence-electron chi connectivity index (χ2n) is 2.36. The van der Waals surface area contributed by atoms with Crippen molar-refractivity contribution < 1.29 is 0 Å². The molecular weight excluding hydrogens is 192 g/mol. The van der Waals surface area contributed by atoms with Crippen LogP contribution in [0, 0.1) is 6.92 Å².